The lowest BCUT2D eigenvalue weighted by Gasteiger charge is -2.06. The van der Waals surface area contributed by atoms with Gasteiger partial charge in [-0.1, -0.05) is 22.8 Å². The molecule has 0 aliphatic heterocycles. The van der Waals surface area contributed by atoms with Crippen molar-refractivity contribution in [2.24, 2.45) is 5.16 Å². The van der Waals surface area contributed by atoms with Crippen molar-refractivity contribution in [3.8, 4) is 5.75 Å². The molecular formula is C17H12BrClFN5O4. The molecule has 0 fully saturated rings. The maximum absolute atomic E-state index is 13.2. The van der Waals surface area contributed by atoms with Crippen LogP contribution in [0, 0.1) is 5.82 Å². The second-order valence-electron chi connectivity index (χ2n) is 5.35. The number of halogens is 3. The molecule has 0 aliphatic carbocycles. The van der Waals surface area contributed by atoms with Gasteiger partial charge in [-0.15, -0.1) is 0 Å². The number of ether oxygens (including phenoxy) is 1. The van der Waals surface area contributed by atoms with E-state index < -0.39 is 11.7 Å². The van der Waals surface area contributed by atoms with Gasteiger partial charge < -0.3 is 10.1 Å². The molecule has 150 valence electrons. The number of amides is 1. The molecule has 0 atom stereocenters. The van der Waals surface area contributed by atoms with Gasteiger partial charge in [0.15, 0.2) is 12.3 Å². The zero-order valence-electron chi connectivity index (χ0n) is 14.4. The van der Waals surface area contributed by atoms with Crippen LogP contribution < -0.4 is 15.5 Å². The highest BCUT2D eigenvalue weighted by Crippen LogP contribution is 2.20. The second kappa shape index (κ2) is 9.85. The van der Waals surface area contributed by atoms with Gasteiger partial charge in [-0.25, -0.2) is 9.02 Å². The van der Waals surface area contributed by atoms with Crippen LogP contribution in [0.1, 0.15) is 5.69 Å². The highest BCUT2D eigenvalue weighted by atomic mass is 79.9. The summed E-state index contributed by atoms with van der Waals surface area (Å²) in [6, 6.07) is 10.8. The van der Waals surface area contributed by atoms with E-state index >= 15 is 0 Å². The number of carbonyl (C=O) groups is 1. The summed E-state index contributed by atoms with van der Waals surface area (Å²) < 4.78 is 23.3. The van der Waals surface area contributed by atoms with Crippen molar-refractivity contribution in [1.82, 2.24) is 10.3 Å². The summed E-state index contributed by atoms with van der Waals surface area (Å²) in [5.41, 5.74) is 3.06. The smallest absolute Gasteiger partial charge is 0.263 e. The second-order valence-corrected chi connectivity index (χ2v) is 6.64. The number of benzene rings is 2. The summed E-state index contributed by atoms with van der Waals surface area (Å²) >= 11 is 8.90. The van der Waals surface area contributed by atoms with E-state index in [0.29, 0.717) is 16.5 Å². The standard InChI is InChI=1S/C17H12BrClFN5O4/c18-13-7-11(4-5-14(13)20)23-28-21-8-15-17(25-29-24-15)22-16(26)9-27-12-3-1-2-10(19)6-12/h1-8,23H,9H2,(H,22,25,26)/b21-8+. The van der Waals surface area contributed by atoms with E-state index in [1.54, 1.807) is 24.3 Å². The van der Waals surface area contributed by atoms with E-state index in [-0.39, 0.29) is 22.6 Å². The third-order valence-electron chi connectivity index (χ3n) is 3.25. The molecule has 29 heavy (non-hydrogen) atoms. The fourth-order valence-corrected chi connectivity index (χ4v) is 2.51. The molecule has 0 aliphatic rings. The van der Waals surface area contributed by atoms with Crippen LogP contribution in [-0.2, 0) is 9.73 Å². The molecule has 0 saturated heterocycles. The molecule has 1 aromatic heterocycles. The zero-order chi connectivity index (χ0) is 20.6. The Balaban J connectivity index is 1.49. The summed E-state index contributed by atoms with van der Waals surface area (Å²) in [6.45, 7) is -0.277. The number of carbonyl (C=O) groups excluding carboxylic acids is 1. The Labute approximate surface area is 176 Å². The molecule has 3 aromatic rings. The molecule has 0 radical (unpaired) electrons. The Kier molecular flexibility index (Phi) is 6.98. The van der Waals surface area contributed by atoms with Gasteiger partial charge in [-0.3, -0.25) is 9.73 Å². The summed E-state index contributed by atoms with van der Waals surface area (Å²) in [4.78, 5) is 16.9. The van der Waals surface area contributed by atoms with Crippen LogP contribution in [0.2, 0.25) is 5.02 Å². The lowest BCUT2D eigenvalue weighted by molar-refractivity contribution is -0.118. The third kappa shape index (κ3) is 6.16. The van der Waals surface area contributed by atoms with E-state index in [9.17, 15) is 9.18 Å². The molecule has 0 unspecified atom stereocenters. The third-order valence-corrected chi connectivity index (χ3v) is 4.09. The van der Waals surface area contributed by atoms with Gasteiger partial charge in [0.25, 0.3) is 5.91 Å². The molecule has 1 heterocycles. The largest absolute Gasteiger partial charge is 0.484 e. The molecule has 12 heteroatoms. The topological polar surface area (TPSA) is 111 Å². The Morgan fingerprint density at radius 1 is 1.31 bits per heavy atom. The number of rotatable bonds is 8. The van der Waals surface area contributed by atoms with Gasteiger partial charge in [0.05, 0.1) is 10.2 Å². The molecule has 1 amide bonds. The van der Waals surface area contributed by atoms with Gasteiger partial charge in [-0.2, -0.15) is 5.48 Å². The molecule has 3 rings (SSSR count). The maximum Gasteiger partial charge on any atom is 0.263 e. The first-order valence-electron chi connectivity index (χ1n) is 7.92. The summed E-state index contributed by atoms with van der Waals surface area (Å²) in [6.07, 6.45) is 1.16. The average Bonchev–Trinajstić information content (AvgIpc) is 3.13. The van der Waals surface area contributed by atoms with Gasteiger partial charge in [0.2, 0.25) is 5.82 Å². The lowest BCUT2D eigenvalue weighted by Crippen LogP contribution is -2.21. The fourth-order valence-electron chi connectivity index (χ4n) is 1.96. The van der Waals surface area contributed by atoms with Crippen LogP contribution in [-0.4, -0.2) is 29.0 Å². The first-order chi connectivity index (χ1) is 14.0. The van der Waals surface area contributed by atoms with Crippen LogP contribution in [0.3, 0.4) is 0 Å². The van der Waals surface area contributed by atoms with Gasteiger partial charge in [0.1, 0.15) is 17.8 Å². The molecular weight excluding hydrogens is 473 g/mol. The Hall–Kier alpha value is -3.18. The molecule has 2 aromatic carbocycles. The van der Waals surface area contributed by atoms with Crippen molar-refractivity contribution in [3.05, 3.63) is 63.5 Å². The van der Waals surface area contributed by atoms with E-state index in [1.807, 2.05) is 0 Å². The van der Waals surface area contributed by atoms with E-state index in [1.165, 1.54) is 18.2 Å². The number of oxime groups is 1. The van der Waals surface area contributed by atoms with Crippen molar-refractivity contribution in [2.45, 2.75) is 0 Å². The molecule has 0 saturated carbocycles. The highest BCUT2D eigenvalue weighted by molar-refractivity contribution is 9.10. The van der Waals surface area contributed by atoms with Crippen molar-refractivity contribution in [2.75, 3.05) is 17.4 Å². The van der Waals surface area contributed by atoms with Crippen LogP contribution >= 0.6 is 27.5 Å². The van der Waals surface area contributed by atoms with Crippen LogP contribution in [0.4, 0.5) is 15.9 Å². The maximum atomic E-state index is 13.2. The van der Waals surface area contributed by atoms with Crippen molar-refractivity contribution in [1.29, 1.82) is 0 Å². The number of hydrogen-bond acceptors (Lipinski definition) is 8. The monoisotopic (exact) mass is 483 g/mol. The number of anilines is 2. The number of nitrogens with zero attached hydrogens (tertiary/aromatic N) is 3. The number of nitrogens with one attached hydrogen (secondary N) is 2. The van der Waals surface area contributed by atoms with E-state index in [0.717, 1.165) is 6.21 Å². The first kappa shape index (κ1) is 20.6. The molecule has 2 N–H and O–H groups in total. The Morgan fingerprint density at radius 3 is 2.97 bits per heavy atom. The number of hydrogen-bond donors (Lipinski definition) is 2. The Bertz CT molecular complexity index is 1030. The van der Waals surface area contributed by atoms with Crippen molar-refractivity contribution in [3.63, 3.8) is 0 Å². The van der Waals surface area contributed by atoms with E-state index in [4.69, 9.17) is 21.3 Å². The summed E-state index contributed by atoms with van der Waals surface area (Å²) in [7, 11) is 0. The first-order valence-corrected chi connectivity index (χ1v) is 9.09. The minimum absolute atomic E-state index is 0.0292. The zero-order valence-corrected chi connectivity index (χ0v) is 16.8. The Morgan fingerprint density at radius 2 is 2.17 bits per heavy atom. The SMILES string of the molecule is O=C(COc1cccc(Cl)c1)Nc1nonc1/C=N/ONc1ccc(F)c(Br)c1. The van der Waals surface area contributed by atoms with Crippen LogP contribution in [0.5, 0.6) is 5.75 Å². The van der Waals surface area contributed by atoms with Crippen LogP contribution in [0.15, 0.2) is 56.7 Å². The predicted octanol–water partition coefficient (Wildman–Crippen LogP) is 4.02. The molecule has 9 nitrogen and oxygen atoms in total. The van der Waals surface area contributed by atoms with E-state index in [2.05, 4.69) is 46.8 Å². The fraction of sp³-hybridized carbons (Fsp3) is 0.0588. The van der Waals surface area contributed by atoms with Gasteiger partial charge in [-0.05, 0) is 62.6 Å². The van der Waals surface area contributed by atoms with Crippen molar-refractivity contribution >= 4 is 51.2 Å². The number of aromatic nitrogens is 2. The normalized spacial score (nSPS) is 10.7. The summed E-state index contributed by atoms with van der Waals surface area (Å²) in [5, 5.41) is 13.8. The quantitative estimate of drug-likeness (QED) is 0.367. The minimum atomic E-state index is -0.495. The van der Waals surface area contributed by atoms with Crippen LogP contribution in [0.25, 0.3) is 0 Å². The lowest BCUT2D eigenvalue weighted by atomic mass is 10.3. The van der Waals surface area contributed by atoms with Gasteiger partial charge in [0, 0.05) is 5.02 Å². The molecule has 0 spiro atoms. The van der Waals surface area contributed by atoms with Gasteiger partial charge >= 0.3 is 0 Å². The van der Waals surface area contributed by atoms with Crippen molar-refractivity contribution < 1.29 is 23.5 Å². The minimum Gasteiger partial charge on any atom is -0.484 e. The average molecular weight is 485 g/mol. The predicted molar refractivity (Wildman–Crippen MR) is 106 cm³/mol. The molecule has 0 bridgehead atoms. The highest BCUT2D eigenvalue weighted by Gasteiger charge is 2.12. The summed E-state index contributed by atoms with van der Waals surface area (Å²) in [5.74, 6) is -0.431.